The average Bonchev–Trinajstić information content (AvgIpc) is 3.28. The van der Waals surface area contributed by atoms with Gasteiger partial charge in [0, 0.05) is 27.4 Å². The van der Waals surface area contributed by atoms with Crippen LogP contribution in [-0.4, -0.2) is 10.9 Å². The van der Waals surface area contributed by atoms with Gasteiger partial charge in [-0.05, 0) is 43.2 Å². The molecule has 3 rings (SSSR count). The SMILES string of the molecule is CCc1ccc(N(Cc2ccc(C)s2)C(=O)c2csc(CN)n2)cc1. The second-order valence-corrected chi connectivity index (χ2v) is 8.07. The number of hydrogen-bond acceptors (Lipinski definition) is 5. The fourth-order valence-corrected chi connectivity index (χ4v) is 4.09. The van der Waals surface area contributed by atoms with Crippen molar-refractivity contribution >= 4 is 34.3 Å². The number of thiazole rings is 1. The van der Waals surface area contributed by atoms with Crippen molar-refractivity contribution in [1.82, 2.24) is 4.98 Å². The number of aromatic nitrogens is 1. The number of hydrogen-bond donors (Lipinski definition) is 1. The molecule has 130 valence electrons. The van der Waals surface area contributed by atoms with E-state index in [1.165, 1.54) is 21.8 Å². The van der Waals surface area contributed by atoms with Gasteiger partial charge in [0.25, 0.3) is 5.91 Å². The van der Waals surface area contributed by atoms with Crippen LogP contribution in [-0.2, 0) is 19.5 Å². The molecule has 0 saturated carbocycles. The van der Waals surface area contributed by atoms with Gasteiger partial charge in [0.05, 0.1) is 6.54 Å². The molecule has 0 atom stereocenters. The Morgan fingerprint density at radius 1 is 1.20 bits per heavy atom. The number of anilines is 1. The molecule has 0 aliphatic rings. The number of thiophene rings is 1. The standard InChI is InChI=1S/C19H21N3OS2/c1-3-14-5-7-15(8-6-14)22(11-16-9-4-13(2)25-16)19(23)17-12-24-18(10-20)21-17/h4-9,12H,3,10-11,20H2,1-2H3. The van der Waals surface area contributed by atoms with Crippen molar-refractivity contribution in [3.8, 4) is 0 Å². The van der Waals surface area contributed by atoms with E-state index in [2.05, 4.69) is 43.1 Å². The number of carbonyl (C=O) groups is 1. The van der Waals surface area contributed by atoms with Gasteiger partial charge in [-0.1, -0.05) is 19.1 Å². The van der Waals surface area contributed by atoms with E-state index in [0.717, 1.165) is 22.0 Å². The molecule has 0 aliphatic heterocycles. The first kappa shape index (κ1) is 17.8. The number of nitrogens with zero attached hydrogens (tertiary/aromatic N) is 2. The Morgan fingerprint density at radius 2 is 1.96 bits per heavy atom. The predicted molar refractivity (Wildman–Crippen MR) is 105 cm³/mol. The lowest BCUT2D eigenvalue weighted by molar-refractivity contribution is 0.0981. The monoisotopic (exact) mass is 371 g/mol. The number of carbonyl (C=O) groups excluding carboxylic acids is 1. The lowest BCUT2D eigenvalue weighted by Crippen LogP contribution is -2.30. The lowest BCUT2D eigenvalue weighted by atomic mass is 10.1. The highest BCUT2D eigenvalue weighted by molar-refractivity contribution is 7.12. The molecular formula is C19H21N3OS2. The summed E-state index contributed by atoms with van der Waals surface area (Å²) in [5.74, 6) is -0.0914. The van der Waals surface area contributed by atoms with Crippen molar-refractivity contribution in [2.24, 2.45) is 5.73 Å². The van der Waals surface area contributed by atoms with E-state index >= 15 is 0 Å². The Bertz CT molecular complexity index is 852. The van der Waals surface area contributed by atoms with Gasteiger partial charge in [-0.3, -0.25) is 4.79 Å². The number of nitrogens with two attached hydrogens (primary N) is 1. The lowest BCUT2D eigenvalue weighted by Gasteiger charge is -2.22. The smallest absolute Gasteiger partial charge is 0.278 e. The summed E-state index contributed by atoms with van der Waals surface area (Å²) < 4.78 is 0. The minimum Gasteiger partial charge on any atom is -0.325 e. The van der Waals surface area contributed by atoms with Crippen molar-refractivity contribution in [1.29, 1.82) is 0 Å². The van der Waals surface area contributed by atoms with Crippen LogP contribution in [0.25, 0.3) is 0 Å². The van der Waals surface area contributed by atoms with Crippen molar-refractivity contribution in [3.05, 3.63) is 67.8 Å². The Morgan fingerprint density at radius 3 is 2.52 bits per heavy atom. The summed E-state index contributed by atoms with van der Waals surface area (Å²) in [4.78, 5) is 21.6. The van der Waals surface area contributed by atoms with Gasteiger partial charge in [0.15, 0.2) is 0 Å². The third-order valence-corrected chi connectivity index (χ3v) is 5.81. The van der Waals surface area contributed by atoms with Gasteiger partial charge >= 0.3 is 0 Å². The van der Waals surface area contributed by atoms with Gasteiger partial charge in [0.1, 0.15) is 10.7 Å². The molecular weight excluding hydrogens is 350 g/mol. The van der Waals surface area contributed by atoms with Crippen LogP contribution >= 0.6 is 22.7 Å². The van der Waals surface area contributed by atoms with Crippen LogP contribution in [0.3, 0.4) is 0 Å². The largest absolute Gasteiger partial charge is 0.325 e. The highest BCUT2D eigenvalue weighted by Gasteiger charge is 2.21. The Hall–Kier alpha value is -2.02. The molecule has 0 spiro atoms. The molecule has 0 aliphatic carbocycles. The minimum atomic E-state index is -0.0914. The predicted octanol–water partition coefficient (Wildman–Crippen LogP) is 4.38. The van der Waals surface area contributed by atoms with E-state index in [-0.39, 0.29) is 5.91 Å². The zero-order chi connectivity index (χ0) is 17.8. The Balaban J connectivity index is 1.93. The first-order valence-electron chi connectivity index (χ1n) is 8.21. The molecule has 2 aromatic heterocycles. The number of benzene rings is 1. The van der Waals surface area contributed by atoms with Crippen LogP contribution in [0.2, 0.25) is 0 Å². The van der Waals surface area contributed by atoms with E-state index in [0.29, 0.717) is 18.8 Å². The minimum absolute atomic E-state index is 0.0914. The third-order valence-electron chi connectivity index (χ3n) is 3.96. The number of rotatable bonds is 6. The summed E-state index contributed by atoms with van der Waals surface area (Å²) >= 11 is 3.13. The van der Waals surface area contributed by atoms with Gasteiger partial charge in [-0.25, -0.2) is 4.98 Å². The first-order chi connectivity index (χ1) is 12.1. The third kappa shape index (κ3) is 4.15. The second kappa shape index (κ2) is 7.91. The molecule has 0 fully saturated rings. The molecule has 25 heavy (non-hydrogen) atoms. The van der Waals surface area contributed by atoms with Crippen LogP contribution in [0.15, 0.2) is 41.8 Å². The second-order valence-electron chi connectivity index (χ2n) is 5.75. The molecule has 4 nitrogen and oxygen atoms in total. The zero-order valence-corrected chi connectivity index (χ0v) is 16.0. The van der Waals surface area contributed by atoms with E-state index in [9.17, 15) is 4.79 Å². The molecule has 3 aromatic rings. The molecule has 2 N–H and O–H groups in total. The molecule has 0 radical (unpaired) electrons. The van der Waals surface area contributed by atoms with E-state index in [4.69, 9.17) is 5.73 Å². The topological polar surface area (TPSA) is 59.2 Å². The molecule has 1 aromatic carbocycles. The van der Waals surface area contributed by atoms with E-state index < -0.39 is 0 Å². The summed E-state index contributed by atoms with van der Waals surface area (Å²) in [6, 6.07) is 12.3. The zero-order valence-electron chi connectivity index (χ0n) is 14.4. The molecule has 0 bridgehead atoms. The maximum absolute atomic E-state index is 13.1. The Labute approximate surface area is 155 Å². The average molecular weight is 372 g/mol. The van der Waals surface area contributed by atoms with Gasteiger partial charge < -0.3 is 10.6 Å². The van der Waals surface area contributed by atoms with Crippen molar-refractivity contribution in [2.45, 2.75) is 33.4 Å². The van der Waals surface area contributed by atoms with Crippen molar-refractivity contribution in [2.75, 3.05) is 4.90 Å². The van der Waals surface area contributed by atoms with E-state index in [1.807, 2.05) is 12.1 Å². The fourth-order valence-electron chi connectivity index (χ4n) is 2.56. The van der Waals surface area contributed by atoms with Gasteiger partial charge in [-0.15, -0.1) is 22.7 Å². The van der Waals surface area contributed by atoms with Crippen LogP contribution < -0.4 is 10.6 Å². The van der Waals surface area contributed by atoms with Crippen molar-refractivity contribution in [3.63, 3.8) is 0 Å². The fraction of sp³-hybridized carbons (Fsp3) is 0.263. The normalized spacial score (nSPS) is 10.8. The summed E-state index contributed by atoms with van der Waals surface area (Å²) in [6.07, 6.45) is 0.976. The molecule has 0 saturated heterocycles. The molecule has 1 amide bonds. The van der Waals surface area contributed by atoms with Crippen LogP contribution in [0.1, 0.15) is 37.7 Å². The van der Waals surface area contributed by atoms with E-state index in [1.54, 1.807) is 21.6 Å². The van der Waals surface area contributed by atoms with Crippen LogP contribution in [0.4, 0.5) is 5.69 Å². The van der Waals surface area contributed by atoms with Gasteiger partial charge in [0.2, 0.25) is 0 Å². The highest BCUT2D eigenvalue weighted by atomic mass is 32.1. The quantitative estimate of drug-likeness (QED) is 0.699. The highest BCUT2D eigenvalue weighted by Crippen LogP contribution is 2.25. The van der Waals surface area contributed by atoms with Crippen molar-refractivity contribution < 1.29 is 4.79 Å². The summed E-state index contributed by atoms with van der Waals surface area (Å²) in [7, 11) is 0. The summed E-state index contributed by atoms with van der Waals surface area (Å²) in [5.41, 5.74) is 8.23. The summed E-state index contributed by atoms with van der Waals surface area (Å²) in [6.45, 7) is 5.09. The maximum atomic E-state index is 13.1. The van der Waals surface area contributed by atoms with Gasteiger partial charge in [-0.2, -0.15) is 0 Å². The molecule has 6 heteroatoms. The molecule has 2 heterocycles. The van der Waals surface area contributed by atoms with Crippen LogP contribution in [0.5, 0.6) is 0 Å². The Kier molecular flexibility index (Phi) is 5.63. The number of amides is 1. The summed E-state index contributed by atoms with van der Waals surface area (Å²) in [5, 5.41) is 2.56. The number of aryl methyl sites for hydroxylation is 2. The molecule has 0 unspecified atom stereocenters. The first-order valence-corrected chi connectivity index (χ1v) is 9.91. The maximum Gasteiger partial charge on any atom is 0.278 e. The van der Waals surface area contributed by atoms with Crippen LogP contribution in [0, 0.1) is 6.92 Å².